The summed E-state index contributed by atoms with van der Waals surface area (Å²) in [5.74, 6) is 0.631. The van der Waals surface area contributed by atoms with Gasteiger partial charge in [0, 0.05) is 29.9 Å². The van der Waals surface area contributed by atoms with Gasteiger partial charge in [-0.15, -0.1) is 11.6 Å². The molecule has 2 nitrogen and oxygen atoms in total. The molecular formula is C13H15ClFNO. The maximum atomic E-state index is 13.0. The summed E-state index contributed by atoms with van der Waals surface area (Å²) in [4.78, 5) is 0. The maximum Gasteiger partial charge on any atom is 0.123 e. The molecule has 1 fully saturated rings. The van der Waals surface area contributed by atoms with Crippen molar-refractivity contribution >= 4 is 11.6 Å². The van der Waals surface area contributed by atoms with Gasteiger partial charge in [0.25, 0.3) is 0 Å². The second-order valence-electron chi connectivity index (χ2n) is 4.87. The number of benzene rings is 1. The van der Waals surface area contributed by atoms with Crippen LogP contribution in [0.2, 0.25) is 0 Å². The molecule has 1 N–H and O–H groups in total. The number of nitrogens with one attached hydrogen (secondary N) is 1. The monoisotopic (exact) mass is 255 g/mol. The van der Waals surface area contributed by atoms with Gasteiger partial charge in [-0.1, -0.05) is 0 Å². The van der Waals surface area contributed by atoms with Crippen LogP contribution in [0.4, 0.5) is 4.39 Å². The average molecular weight is 256 g/mol. The smallest absolute Gasteiger partial charge is 0.123 e. The molecule has 0 saturated heterocycles. The zero-order chi connectivity index (χ0) is 11.8. The van der Waals surface area contributed by atoms with Crippen LogP contribution >= 0.6 is 11.6 Å². The van der Waals surface area contributed by atoms with E-state index in [1.807, 2.05) is 0 Å². The number of hydrogen-bond acceptors (Lipinski definition) is 2. The number of ether oxygens (including phenoxy) is 1. The van der Waals surface area contributed by atoms with Gasteiger partial charge < -0.3 is 10.1 Å². The maximum absolute atomic E-state index is 13.0. The number of halogens is 2. The topological polar surface area (TPSA) is 21.3 Å². The zero-order valence-corrected chi connectivity index (χ0v) is 10.2. The quantitative estimate of drug-likeness (QED) is 0.838. The minimum absolute atomic E-state index is 0.126. The second kappa shape index (κ2) is 4.46. The molecular weight excluding hydrogens is 241 g/mol. The Labute approximate surface area is 105 Å². The molecule has 1 aromatic rings. The first-order chi connectivity index (χ1) is 8.20. The minimum Gasteiger partial charge on any atom is -0.488 e. The Morgan fingerprint density at radius 1 is 1.41 bits per heavy atom. The Morgan fingerprint density at radius 3 is 3.00 bits per heavy atom. The Hall–Kier alpha value is -0.800. The van der Waals surface area contributed by atoms with E-state index in [0.717, 1.165) is 37.1 Å². The fraction of sp³-hybridized carbons (Fsp3) is 0.538. The summed E-state index contributed by atoms with van der Waals surface area (Å²) in [5, 5.41) is 3.77. The number of rotatable bonds is 3. The minimum atomic E-state index is -0.190. The van der Waals surface area contributed by atoms with E-state index in [-0.39, 0.29) is 11.9 Å². The van der Waals surface area contributed by atoms with Crippen molar-refractivity contribution in [3.8, 4) is 5.75 Å². The molecule has 1 aliphatic heterocycles. The van der Waals surface area contributed by atoms with E-state index in [1.54, 1.807) is 12.1 Å². The van der Waals surface area contributed by atoms with Gasteiger partial charge in [0.2, 0.25) is 0 Å². The lowest BCUT2D eigenvalue weighted by atomic mass is 9.92. The molecule has 17 heavy (non-hydrogen) atoms. The molecule has 1 saturated carbocycles. The van der Waals surface area contributed by atoms with Crippen LogP contribution in [0.25, 0.3) is 0 Å². The van der Waals surface area contributed by atoms with Crippen LogP contribution < -0.4 is 10.1 Å². The third-order valence-electron chi connectivity index (χ3n) is 3.48. The Morgan fingerprint density at radius 2 is 2.24 bits per heavy atom. The average Bonchev–Trinajstić information content (AvgIpc) is 2.64. The summed E-state index contributed by atoms with van der Waals surface area (Å²) in [5.41, 5.74) is 0.973. The molecule has 2 aliphatic rings. The molecule has 0 aromatic heterocycles. The molecule has 0 bridgehead atoms. The molecule has 0 amide bonds. The van der Waals surface area contributed by atoms with E-state index in [2.05, 4.69) is 5.32 Å². The van der Waals surface area contributed by atoms with Gasteiger partial charge in [-0.2, -0.15) is 0 Å². The van der Waals surface area contributed by atoms with Gasteiger partial charge in [-0.3, -0.25) is 0 Å². The Kier molecular flexibility index (Phi) is 2.97. The van der Waals surface area contributed by atoms with Gasteiger partial charge in [0.1, 0.15) is 17.7 Å². The summed E-state index contributed by atoms with van der Waals surface area (Å²) in [6.07, 6.45) is 2.99. The van der Waals surface area contributed by atoms with Crippen molar-refractivity contribution in [2.45, 2.75) is 36.8 Å². The largest absolute Gasteiger partial charge is 0.488 e. The fourth-order valence-electron chi connectivity index (χ4n) is 2.42. The van der Waals surface area contributed by atoms with Crippen molar-refractivity contribution in [1.29, 1.82) is 0 Å². The molecule has 1 aromatic carbocycles. The summed E-state index contributed by atoms with van der Waals surface area (Å²) < 4.78 is 18.8. The van der Waals surface area contributed by atoms with Crippen LogP contribution in [0.5, 0.6) is 5.75 Å². The summed E-state index contributed by atoms with van der Waals surface area (Å²) in [7, 11) is 0. The highest BCUT2D eigenvalue weighted by atomic mass is 35.5. The lowest BCUT2D eigenvalue weighted by molar-refractivity contribution is 0.208. The first kappa shape index (κ1) is 11.3. The van der Waals surface area contributed by atoms with Crippen molar-refractivity contribution in [2.24, 2.45) is 0 Å². The molecule has 0 radical (unpaired) electrons. The number of alkyl halides is 1. The standard InChI is InChI=1S/C13H15ClFNO/c14-9-5-11(6-9)16-7-12-4-8-3-10(15)1-2-13(8)17-12/h1-3,9,11-12,16H,4-7H2. The van der Waals surface area contributed by atoms with E-state index in [9.17, 15) is 4.39 Å². The first-order valence-electron chi connectivity index (χ1n) is 6.03. The third kappa shape index (κ3) is 2.40. The molecule has 92 valence electrons. The first-order valence-corrected chi connectivity index (χ1v) is 6.47. The highest BCUT2D eigenvalue weighted by molar-refractivity contribution is 6.21. The number of fused-ring (bicyclic) bond motifs is 1. The molecule has 1 heterocycles. The van der Waals surface area contributed by atoms with Crippen molar-refractivity contribution in [2.75, 3.05) is 6.54 Å². The van der Waals surface area contributed by atoms with E-state index in [4.69, 9.17) is 16.3 Å². The van der Waals surface area contributed by atoms with Crippen molar-refractivity contribution in [3.05, 3.63) is 29.6 Å². The van der Waals surface area contributed by atoms with Gasteiger partial charge in [0.05, 0.1) is 0 Å². The highest BCUT2D eigenvalue weighted by Crippen LogP contribution is 2.30. The van der Waals surface area contributed by atoms with Crippen molar-refractivity contribution < 1.29 is 9.13 Å². The molecule has 1 unspecified atom stereocenters. The van der Waals surface area contributed by atoms with Crippen LogP contribution in [-0.2, 0) is 6.42 Å². The summed E-state index contributed by atoms with van der Waals surface area (Å²) in [6, 6.07) is 5.25. The summed E-state index contributed by atoms with van der Waals surface area (Å²) in [6.45, 7) is 0.810. The van der Waals surface area contributed by atoms with E-state index >= 15 is 0 Å². The van der Waals surface area contributed by atoms with Crippen molar-refractivity contribution in [3.63, 3.8) is 0 Å². The fourth-order valence-corrected chi connectivity index (χ4v) is 2.85. The summed E-state index contributed by atoms with van der Waals surface area (Å²) >= 11 is 5.92. The normalized spacial score (nSPS) is 30.6. The Balaban J connectivity index is 1.52. The van der Waals surface area contributed by atoms with Crippen molar-refractivity contribution in [1.82, 2.24) is 5.32 Å². The third-order valence-corrected chi connectivity index (χ3v) is 3.83. The van der Waals surface area contributed by atoms with Crippen LogP contribution in [0.1, 0.15) is 18.4 Å². The van der Waals surface area contributed by atoms with E-state index in [1.165, 1.54) is 6.07 Å². The number of hydrogen-bond donors (Lipinski definition) is 1. The van der Waals surface area contributed by atoms with Gasteiger partial charge >= 0.3 is 0 Å². The van der Waals surface area contributed by atoms with Gasteiger partial charge in [-0.25, -0.2) is 4.39 Å². The zero-order valence-electron chi connectivity index (χ0n) is 9.46. The van der Waals surface area contributed by atoms with Crippen LogP contribution in [0.3, 0.4) is 0 Å². The van der Waals surface area contributed by atoms with Gasteiger partial charge in [0.15, 0.2) is 0 Å². The lowest BCUT2D eigenvalue weighted by Crippen LogP contribution is -2.45. The SMILES string of the molecule is Fc1ccc2c(c1)CC(CNC1CC(Cl)C1)O2. The molecule has 1 atom stereocenters. The molecule has 0 spiro atoms. The van der Waals surface area contributed by atoms with E-state index in [0.29, 0.717) is 11.4 Å². The van der Waals surface area contributed by atoms with Gasteiger partial charge in [-0.05, 0) is 31.0 Å². The molecule has 4 heteroatoms. The van der Waals surface area contributed by atoms with Crippen LogP contribution in [-0.4, -0.2) is 24.1 Å². The van der Waals surface area contributed by atoms with Crippen LogP contribution in [0, 0.1) is 5.82 Å². The molecule has 3 rings (SSSR count). The lowest BCUT2D eigenvalue weighted by Gasteiger charge is -2.32. The second-order valence-corrected chi connectivity index (χ2v) is 5.49. The van der Waals surface area contributed by atoms with Crippen LogP contribution in [0.15, 0.2) is 18.2 Å². The Bertz CT molecular complexity index is 420. The predicted octanol–water partition coefficient (Wildman–Crippen LogP) is 2.49. The highest BCUT2D eigenvalue weighted by Gasteiger charge is 2.29. The molecule has 1 aliphatic carbocycles. The predicted molar refractivity (Wildman–Crippen MR) is 65.2 cm³/mol. The van der Waals surface area contributed by atoms with E-state index < -0.39 is 0 Å².